The topological polar surface area (TPSA) is 17.1 Å². The number of rotatable bonds is 4. The van der Waals surface area contributed by atoms with Crippen LogP contribution in [0.2, 0.25) is 0 Å². The summed E-state index contributed by atoms with van der Waals surface area (Å²) in [5, 5.41) is 0. The highest BCUT2D eigenvalue weighted by Gasteiger charge is 2.18. The largest absolute Gasteiger partial charge is 0.294 e. The third kappa shape index (κ3) is 3.28. The van der Waals surface area contributed by atoms with Crippen molar-refractivity contribution in [1.29, 1.82) is 0 Å². The van der Waals surface area contributed by atoms with E-state index >= 15 is 0 Å². The third-order valence-electron chi connectivity index (χ3n) is 2.55. The fourth-order valence-electron chi connectivity index (χ4n) is 1.57. The van der Waals surface area contributed by atoms with Crippen molar-refractivity contribution in [2.75, 3.05) is 0 Å². The smallest absolute Gasteiger partial charge is 0.167 e. The molecule has 0 aromatic heterocycles. The first-order chi connectivity index (χ1) is 7.10. The Labute approximate surface area is 113 Å². The normalized spacial score (nSPS) is 10.7. The molecule has 82 valence electrons. The van der Waals surface area contributed by atoms with Gasteiger partial charge in [0.1, 0.15) is 0 Å². The number of hydrogen-bond acceptors (Lipinski definition) is 1. The SMILES string of the molecule is CCC(CC)C(=O)c1cc(Br)ccc1I. The number of benzene rings is 1. The molecule has 0 unspecified atom stereocenters. The van der Waals surface area contributed by atoms with Crippen molar-refractivity contribution in [1.82, 2.24) is 0 Å². The predicted octanol–water partition coefficient (Wildman–Crippen LogP) is 4.67. The summed E-state index contributed by atoms with van der Waals surface area (Å²) in [4.78, 5) is 12.2. The van der Waals surface area contributed by atoms with Gasteiger partial charge in [0, 0.05) is 19.5 Å². The molecule has 0 atom stereocenters. The van der Waals surface area contributed by atoms with Gasteiger partial charge < -0.3 is 0 Å². The number of halogens is 2. The van der Waals surface area contributed by atoms with Crippen molar-refractivity contribution < 1.29 is 4.79 Å². The molecule has 0 amide bonds. The minimum atomic E-state index is 0.160. The molecule has 0 heterocycles. The summed E-state index contributed by atoms with van der Waals surface area (Å²) in [6.07, 6.45) is 1.83. The third-order valence-corrected chi connectivity index (χ3v) is 3.98. The lowest BCUT2D eigenvalue weighted by atomic mass is 9.93. The first-order valence-electron chi connectivity index (χ1n) is 5.09. The van der Waals surface area contributed by atoms with Crippen LogP contribution in [-0.4, -0.2) is 5.78 Å². The first kappa shape index (κ1) is 13.2. The Morgan fingerprint density at radius 3 is 2.53 bits per heavy atom. The van der Waals surface area contributed by atoms with Gasteiger partial charge in [0.2, 0.25) is 0 Å². The molecular formula is C12H14BrIO. The van der Waals surface area contributed by atoms with E-state index in [-0.39, 0.29) is 11.7 Å². The first-order valence-corrected chi connectivity index (χ1v) is 6.96. The maximum absolute atomic E-state index is 12.2. The van der Waals surface area contributed by atoms with Gasteiger partial charge in [-0.25, -0.2) is 0 Å². The second-order valence-electron chi connectivity index (χ2n) is 3.50. The average molecular weight is 381 g/mol. The Kier molecular flexibility index (Phi) is 5.26. The molecule has 0 fully saturated rings. The van der Waals surface area contributed by atoms with Gasteiger partial charge in [-0.15, -0.1) is 0 Å². The Hall–Kier alpha value is 0.1000. The van der Waals surface area contributed by atoms with E-state index in [1.165, 1.54) is 0 Å². The molecule has 0 bridgehead atoms. The predicted molar refractivity (Wildman–Crippen MR) is 75.3 cm³/mol. The number of ketones is 1. The van der Waals surface area contributed by atoms with E-state index in [1.54, 1.807) is 0 Å². The molecule has 0 aliphatic carbocycles. The molecule has 0 aliphatic rings. The molecule has 0 saturated carbocycles. The second-order valence-corrected chi connectivity index (χ2v) is 5.58. The van der Waals surface area contributed by atoms with Crippen LogP contribution >= 0.6 is 38.5 Å². The summed E-state index contributed by atoms with van der Waals surface area (Å²) in [5.41, 5.74) is 0.846. The van der Waals surface area contributed by atoms with Crippen LogP contribution in [0.25, 0.3) is 0 Å². The van der Waals surface area contributed by atoms with Gasteiger partial charge in [0.05, 0.1) is 0 Å². The van der Waals surface area contributed by atoms with Gasteiger partial charge in [0.25, 0.3) is 0 Å². The molecule has 1 rings (SSSR count). The summed E-state index contributed by atoms with van der Waals surface area (Å²) in [5.74, 6) is 0.429. The van der Waals surface area contributed by atoms with Crippen LogP contribution in [0.3, 0.4) is 0 Å². The second kappa shape index (κ2) is 5.99. The van der Waals surface area contributed by atoms with Gasteiger partial charge in [-0.05, 0) is 53.6 Å². The van der Waals surface area contributed by atoms with E-state index in [2.05, 4.69) is 52.4 Å². The summed E-state index contributed by atoms with van der Waals surface area (Å²) in [6, 6.07) is 5.86. The van der Waals surface area contributed by atoms with Crippen LogP contribution in [-0.2, 0) is 0 Å². The molecule has 3 heteroatoms. The van der Waals surface area contributed by atoms with Crippen molar-refractivity contribution in [3.63, 3.8) is 0 Å². The monoisotopic (exact) mass is 380 g/mol. The molecule has 0 spiro atoms. The maximum Gasteiger partial charge on any atom is 0.167 e. The highest BCUT2D eigenvalue weighted by Crippen LogP contribution is 2.23. The molecule has 1 aromatic rings. The highest BCUT2D eigenvalue weighted by atomic mass is 127. The van der Waals surface area contributed by atoms with Gasteiger partial charge in [-0.3, -0.25) is 4.79 Å². The van der Waals surface area contributed by atoms with Gasteiger partial charge in [-0.1, -0.05) is 29.8 Å². The number of hydrogen-bond donors (Lipinski definition) is 0. The summed E-state index contributed by atoms with van der Waals surface area (Å²) in [7, 11) is 0. The van der Waals surface area contributed by atoms with Crippen molar-refractivity contribution >= 4 is 44.3 Å². The number of Topliss-reactive ketones (excluding diaryl/α,β-unsaturated/α-hetero) is 1. The average Bonchev–Trinajstić information content (AvgIpc) is 2.23. The Morgan fingerprint density at radius 2 is 2.00 bits per heavy atom. The lowest BCUT2D eigenvalue weighted by Crippen LogP contribution is -2.14. The fraction of sp³-hybridized carbons (Fsp3) is 0.417. The fourth-order valence-corrected chi connectivity index (χ4v) is 2.53. The maximum atomic E-state index is 12.2. The van der Waals surface area contributed by atoms with Crippen molar-refractivity contribution in [3.05, 3.63) is 31.8 Å². The molecular weight excluding hydrogens is 367 g/mol. The minimum absolute atomic E-state index is 0.160. The van der Waals surface area contributed by atoms with Crippen molar-refractivity contribution in [2.45, 2.75) is 26.7 Å². The summed E-state index contributed by atoms with van der Waals surface area (Å²) in [6.45, 7) is 4.13. The Bertz CT molecular complexity index is 359. The van der Waals surface area contributed by atoms with Gasteiger partial charge >= 0.3 is 0 Å². The zero-order chi connectivity index (χ0) is 11.4. The zero-order valence-electron chi connectivity index (χ0n) is 8.89. The molecule has 0 saturated heterocycles. The lowest BCUT2D eigenvalue weighted by molar-refractivity contribution is 0.0912. The molecule has 0 radical (unpaired) electrons. The molecule has 1 aromatic carbocycles. The van der Waals surface area contributed by atoms with E-state index in [1.807, 2.05) is 18.2 Å². The number of carbonyl (C=O) groups excluding carboxylic acids is 1. The number of carbonyl (C=O) groups is 1. The van der Waals surface area contributed by atoms with Crippen LogP contribution in [0.5, 0.6) is 0 Å². The Morgan fingerprint density at radius 1 is 1.40 bits per heavy atom. The summed E-state index contributed by atoms with van der Waals surface area (Å²) < 4.78 is 2.00. The van der Waals surface area contributed by atoms with Gasteiger partial charge in [-0.2, -0.15) is 0 Å². The van der Waals surface area contributed by atoms with Crippen LogP contribution in [0.1, 0.15) is 37.0 Å². The highest BCUT2D eigenvalue weighted by molar-refractivity contribution is 14.1. The van der Waals surface area contributed by atoms with E-state index in [0.29, 0.717) is 0 Å². The molecule has 0 N–H and O–H groups in total. The van der Waals surface area contributed by atoms with Crippen molar-refractivity contribution in [3.8, 4) is 0 Å². The quantitative estimate of drug-likeness (QED) is 0.547. The standard InChI is InChI=1S/C12H14BrIO/c1-3-8(4-2)12(15)10-7-9(13)5-6-11(10)14/h5-8H,3-4H2,1-2H3. The van der Waals surface area contributed by atoms with Crippen LogP contribution in [0, 0.1) is 9.49 Å². The van der Waals surface area contributed by atoms with E-state index < -0.39 is 0 Å². The molecule has 1 nitrogen and oxygen atoms in total. The van der Waals surface area contributed by atoms with Crippen LogP contribution < -0.4 is 0 Å². The van der Waals surface area contributed by atoms with E-state index in [0.717, 1.165) is 26.4 Å². The zero-order valence-corrected chi connectivity index (χ0v) is 12.6. The molecule has 15 heavy (non-hydrogen) atoms. The van der Waals surface area contributed by atoms with Crippen molar-refractivity contribution in [2.24, 2.45) is 5.92 Å². The van der Waals surface area contributed by atoms with Crippen LogP contribution in [0.15, 0.2) is 22.7 Å². The van der Waals surface area contributed by atoms with E-state index in [9.17, 15) is 4.79 Å². The molecule has 0 aliphatic heterocycles. The van der Waals surface area contributed by atoms with Gasteiger partial charge in [0.15, 0.2) is 5.78 Å². The lowest BCUT2D eigenvalue weighted by Gasteiger charge is -2.12. The van der Waals surface area contributed by atoms with Crippen LogP contribution in [0.4, 0.5) is 0 Å². The Balaban J connectivity index is 3.04. The summed E-state index contributed by atoms with van der Waals surface area (Å²) >= 11 is 5.62. The minimum Gasteiger partial charge on any atom is -0.294 e. The van der Waals surface area contributed by atoms with E-state index in [4.69, 9.17) is 0 Å².